The van der Waals surface area contributed by atoms with Crippen molar-refractivity contribution in [3.63, 3.8) is 0 Å². The highest BCUT2D eigenvalue weighted by Crippen LogP contribution is 2.43. The summed E-state index contributed by atoms with van der Waals surface area (Å²) < 4.78 is 24.7. The summed E-state index contributed by atoms with van der Waals surface area (Å²) in [5, 5.41) is 13.9. The van der Waals surface area contributed by atoms with Crippen molar-refractivity contribution in [2.24, 2.45) is 5.92 Å². The quantitative estimate of drug-likeness (QED) is 0.886. The Morgan fingerprint density at radius 1 is 1.30 bits per heavy atom. The van der Waals surface area contributed by atoms with Gasteiger partial charge in [-0.05, 0) is 24.8 Å². The summed E-state index contributed by atoms with van der Waals surface area (Å²) in [4.78, 5) is 2.35. The zero-order valence-electron chi connectivity index (χ0n) is 13.6. The molecule has 3 rings (SSSR count). The van der Waals surface area contributed by atoms with Gasteiger partial charge in [0.1, 0.15) is 5.82 Å². The average molecular weight is 324 g/mol. The van der Waals surface area contributed by atoms with Gasteiger partial charge < -0.3 is 19.9 Å². The van der Waals surface area contributed by atoms with Crippen LogP contribution in [0, 0.1) is 11.7 Å². The number of benzene rings is 1. The summed E-state index contributed by atoms with van der Waals surface area (Å²) in [6.07, 6.45) is 1.85. The lowest BCUT2D eigenvalue weighted by Crippen LogP contribution is -2.47. The van der Waals surface area contributed by atoms with Crippen molar-refractivity contribution in [1.29, 1.82) is 0 Å². The maximum Gasteiger partial charge on any atom is 0.163 e. The Labute approximate surface area is 136 Å². The van der Waals surface area contributed by atoms with Gasteiger partial charge in [0.25, 0.3) is 0 Å². The monoisotopic (exact) mass is 324 g/mol. The molecule has 0 amide bonds. The first-order chi connectivity index (χ1) is 11.2. The number of halogens is 1. The fraction of sp³-hybridized carbons (Fsp3) is 0.647. The van der Waals surface area contributed by atoms with E-state index in [2.05, 4.69) is 10.2 Å². The third-order valence-electron chi connectivity index (χ3n) is 4.87. The van der Waals surface area contributed by atoms with Crippen LogP contribution >= 0.6 is 0 Å². The number of nitrogens with one attached hydrogen (secondary N) is 1. The lowest BCUT2D eigenvalue weighted by Gasteiger charge is -2.41. The van der Waals surface area contributed by atoms with Gasteiger partial charge in [-0.25, -0.2) is 4.39 Å². The Morgan fingerprint density at radius 2 is 2.00 bits per heavy atom. The molecule has 0 saturated carbocycles. The molecule has 0 aliphatic carbocycles. The first-order valence-electron chi connectivity index (χ1n) is 8.29. The number of ether oxygens (including phenoxy) is 2. The molecule has 5 nitrogen and oxygen atoms in total. The van der Waals surface area contributed by atoms with Gasteiger partial charge in [0.05, 0.1) is 7.11 Å². The molecule has 2 heterocycles. The van der Waals surface area contributed by atoms with Crippen molar-refractivity contribution in [1.82, 2.24) is 10.2 Å². The van der Waals surface area contributed by atoms with E-state index in [1.165, 1.54) is 19.2 Å². The zero-order valence-corrected chi connectivity index (χ0v) is 13.6. The highest BCUT2D eigenvalue weighted by molar-refractivity contribution is 5.47. The molecule has 1 aromatic carbocycles. The number of phenols is 1. The van der Waals surface area contributed by atoms with Crippen molar-refractivity contribution in [2.45, 2.75) is 18.9 Å². The largest absolute Gasteiger partial charge is 0.504 e. The summed E-state index contributed by atoms with van der Waals surface area (Å²) in [5.74, 6) is 0.234. The smallest absolute Gasteiger partial charge is 0.163 e. The number of phenolic OH excluding ortho intramolecular Hbond substituents is 1. The Bertz CT molecular complexity index is 511. The van der Waals surface area contributed by atoms with Crippen LogP contribution in [-0.2, 0) is 4.74 Å². The van der Waals surface area contributed by atoms with Crippen LogP contribution < -0.4 is 10.1 Å². The second kappa shape index (κ2) is 7.47. The van der Waals surface area contributed by atoms with Crippen LogP contribution in [0.1, 0.15) is 24.4 Å². The molecular weight excluding hydrogens is 299 g/mol. The molecule has 2 N–H and O–H groups in total. The molecule has 2 aliphatic heterocycles. The summed E-state index contributed by atoms with van der Waals surface area (Å²) in [6, 6.07) is 2.68. The van der Waals surface area contributed by atoms with Gasteiger partial charge >= 0.3 is 0 Å². The summed E-state index contributed by atoms with van der Waals surface area (Å²) in [6.45, 7) is 5.04. The van der Waals surface area contributed by atoms with Crippen molar-refractivity contribution in [2.75, 3.05) is 46.5 Å². The van der Waals surface area contributed by atoms with Crippen LogP contribution in [0.15, 0.2) is 12.1 Å². The van der Waals surface area contributed by atoms with Crippen molar-refractivity contribution >= 4 is 0 Å². The van der Waals surface area contributed by atoms with Gasteiger partial charge in [0, 0.05) is 57.1 Å². The van der Waals surface area contributed by atoms with Crippen LogP contribution in [0.3, 0.4) is 0 Å². The second-order valence-electron chi connectivity index (χ2n) is 6.23. The maximum absolute atomic E-state index is 14.0. The Kier molecular flexibility index (Phi) is 5.35. The molecule has 6 heteroatoms. The fourth-order valence-corrected chi connectivity index (χ4v) is 3.72. The average Bonchev–Trinajstić information content (AvgIpc) is 2.60. The van der Waals surface area contributed by atoms with Crippen LogP contribution in [0.4, 0.5) is 4.39 Å². The molecule has 0 radical (unpaired) electrons. The molecule has 1 atom stereocenters. The van der Waals surface area contributed by atoms with E-state index < -0.39 is 0 Å². The Balaban J connectivity index is 1.98. The molecule has 0 spiro atoms. The van der Waals surface area contributed by atoms with E-state index in [9.17, 15) is 9.50 Å². The van der Waals surface area contributed by atoms with E-state index >= 15 is 0 Å². The molecule has 128 valence electrons. The van der Waals surface area contributed by atoms with Crippen LogP contribution in [-0.4, -0.2) is 56.5 Å². The SMILES string of the molecule is COc1cc(F)cc([C@H](C2CCOCC2)N2CCNCC2)c1O. The number of hydrogen-bond donors (Lipinski definition) is 2. The zero-order chi connectivity index (χ0) is 16.2. The predicted octanol–water partition coefficient (Wildman–Crippen LogP) is 1.91. The first kappa shape index (κ1) is 16.5. The van der Waals surface area contributed by atoms with E-state index in [1.54, 1.807) is 0 Å². The molecule has 2 saturated heterocycles. The van der Waals surface area contributed by atoms with Gasteiger partial charge in [-0.3, -0.25) is 4.90 Å². The Morgan fingerprint density at radius 3 is 2.65 bits per heavy atom. The maximum atomic E-state index is 14.0. The molecule has 0 aromatic heterocycles. The lowest BCUT2D eigenvalue weighted by atomic mass is 9.85. The van der Waals surface area contributed by atoms with Gasteiger partial charge in [0.15, 0.2) is 11.5 Å². The number of aromatic hydroxyl groups is 1. The van der Waals surface area contributed by atoms with Crippen molar-refractivity contribution in [3.8, 4) is 11.5 Å². The third kappa shape index (κ3) is 3.59. The lowest BCUT2D eigenvalue weighted by molar-refractivity contribution is 0.0205. The number of hydrogen-bond acceptors (Lipinski definition) is 5. The molecular formula is C17H25FN2O3. The number of nitrogens with zero attached hydrogens (tertiary/aromatic N) is 1. The predicted molar refractivity (Wildman–Crippen MR) is 85.3 cm³/mol. The molecule has 0 bridgehead atoms. The van der Waals surface area contributed by atoms with E-state index in [1.807, 2.05) is 0 Å². The highest BCUT2D eigenvalue weighted by atomic mass is 19.1. The standard InChI is InChI=1S/C17H25FN2O3/c1-22-15-11-13(18)10-14(17(15)21)16(12-2-8-23-9-3-12)20-6-4-19-5-7-20/h10-12,16,19,21H,2-9H2,1H3/t16-/m0/s1. The van der Waals surface area contributed by atoms with Crippen molar-refractivity contribution < 1.29 is 19.0 Å². The first-order valence-corrected chi connectivity index (χ1v) is 8.29. The summed E-state index contributed by atoms with van der Waals surface area (Å²) >= 11 is 0. The topological polar surface area (TPSA) is 54.0 Å². The molecule has 2 aliphatic rings. The van der Waals surface area contributed by atoms with Crippen LogP contribution in [0.2, 0.25) is 0 Å². The molecule has 0 unspecified atom stereocenters. The normalized spacial score (nSPS) is 22.0. The number of rotatable bonds is 4. The second-order valence-corrected chi connectivity index (χ2v) is 6.23. The van der Waals surface area contributed by atoms with E-state index in [0.717, 1.165) is 52.2 Å². The van der Waals surface area contributed by atoms with Gasteiger partial charge in [-0.2, -0.15) is 0 Å². The summed E-state index contributed by atoms with van der Waals surface area (Å²) in [7, 11) is 1.45. The number of methoxy groups -OCH3 is 1. The molecule has 23 heavy (non-hydrogen) atoms. The van der Waals surface area contributed by atoms with Gasteiger partial charge in [0.2, 0.25) is 0 Å². The Hall–Kier alpha value is -1.37. The molecule has 1 aromatic rings. The van der Waals surface area contributed by atoms with Gasteiger partial charge in [-0.1, -0.05) is 0 Å². The van der Waals surface area contributed by atoms with E-state index in [-0.39, 0.29) is 23.4 Å². The van der Waals surface area contributed by atoms with E-state index in [0.29, 0.717) is 11.5 Å². The third-order valence-corrected chi connectivity index (χ3v) is 4.87. The fourth-order valence-electron chi connectivity index (χ4n) is 3.72. The van der Waals surface area contributed by atoms with Crippen molar-refractivity contribution in [3.05, 3.63) is 23.5 Å². The molecule has 2 fully saturated rings. The minimum absolute atomic E-state index is 0.00870. The van der Waals surface area contributed by atoms with Crippen LogP contribution in [0.25, 0.3) is 0 Å². The van der Waals surface area contributed by atoms with E-state index in [4.69, 9.17) is 9.47 Å². The highest BCUT2D eigenvalue weighted by Gasteiger charge is 2.34. The van der Waals surface area contributed by atoms with Crippen LogP contribution in [0.5, 0.6) is 11.5 Å². The minimum Gasteiger partial charge on any atom is -0.504 e. The van der Waals surface area contributed by atoms with Gasteiger partial charge in [-0.15, -0.1) is 0 Å². The summed E-state index contributed by atoms with van der Waals surface area (Å²) in [5.41, 5.74) is 0.635. The number of piperazine rings is 1. The minimum atomic E-state index is -0.373.